The third-order valence-electron chi connectivity index (χ3n) is 5.57. The first kappa shape index (κ1) is 30.8. The first-order valence-electron chi connectivity index (χ1n) is 11.4. The monoisotopic (exact) mass is 524 g/mol. The second-order valence-corrected chi connectivity index (χ2v) is 8.50. The van der Waals surface area contributed by atoms with Gasteiger partial charge in [-0.25, -0.2) is 4.79 Å². The largest absolute Gasteiger partial charge is 0.508 e. The molecule has 0 heterocycles. The maximum absolute atomic E-state index is 12.8. The average molecular weight is 525 g/mol. The summed E-state index contributed by atoms with van der Waals surface area (Å²) in [7, 11) is 0. The minimum absolute atomic E-state index is 0.0583. The Morgan fingerprint density at radius 3 is 1.62 bits per heavy atom. The molecule has 0 radical (unpaired) electrons. The van der Waals surface area contributed by atoms with Crippen LogP contribution in [0.4, 0.5) is 0 Å². The Kier molecular flexibility index (Phi) is 12.0. The van der Waals surface area contributed by atoms with Gasteiger partial charge in [0.1, 0.15) is 23.9 Å². The SMILES string of the molecule is CCC(C)C(N)C(=O)NC(CC(=O)O)C(=O)NC(CC(=O)O)C(=O)NC(Cc1ccc(O)cc1)C(=O)O. The van der Waals surface area contributed by atoms with E-state index < -0.39 is 72.6 Å². The second-order valence-electron chi connectivity index (χ2n) is 8.50. The number of phenols is 1. The summed E-state index contributed by atoms with van der Waals surface area (Å²) in [4.78, 5) is 72.2. The number of nitrogens with two attached hydrogens (primary N) is 1. The highest BCUT2D eigenvalue weighted by atomic mass is 16.4. The smallest absolute Gasteiger partial charge is 0.326 e. The van der Waals surface area contributed by atoms with Crippen molar-refractivity contribution in [3.63, 3.8) is 0 Å². The van der Waals surface area contributed by atoms with Gasteiger partial charge in [0.05, 0.1) is 18.9 Å². The minimum atomic E-state index is -1.79. The molecule has 0 fully saturated rings. The van der Waals surface area contributed by atoms with Crippen LogP contribution in [0.2, 0.25) is 0 Å². The zero-order valence-electron chi connectivity index (χ0n) is 20.3. The predicted octanol–water partition coefficient (Wildman–Crippen LogP) is -1.20. The molecule has 1 aromatic rings. The number of hydrogen-bond acceptors (Lipinski definition) is 8. The number of aromatic hydroxyl groups is 1. The highest BCUT2D eigenvalue weighted by Gasteiger charge is 2.33. The summed E-state index contributed by atoms with van der Waals surface area (Å²) < 4.78 is 0. The number of carboxylic acids is 3. The fourth-order valence-electron chi connectivity index (χ4n) is 3.16. The van der Waals surface area contributed by atoms with E-state index in [9.17, 15) is 44.1 Å². The molecule has 3 amide bonds. The fraction of sp³-hybridized carbons (Fsp3) is 0.478. The molecule has 0 spiro atoms. The molecule has 5 unspecified atom stereocenters. The Morgan fingerprint density at radius 1 is 0.784 bits per heavy atom. The van der Waals surface area contributed by atoms with Crippen LogP contribution in [0.5, 0.6) is 5.75 Å². The third kappa shape index (κ3) is 10.5. The van der Waals surface area contributed by atoms with E-state index in [1.54, 1.807) is 13.8 Å². The number of aliphatic carboxylic acids is 3. The van der Waals surface area contributed by atoms with Crippen molar-refractivity contribution < 1.29 is 49.2 Å². The van der Waals surface area contributed by atoms with Gasteiger partial charge < -0.3 is 42.1 Å². The van der Waals surface area contributed by atoms with E-state index in [0.717, 1.165) is 0 Å². The molecule has 1 aromatic carbocycles. The van der Waals surface area contributed by atoms with Gasteiger partial charge in [0.2, 0.25) is 17.7 Å². The lowest BCUT2D eigenvalue weighted by molar-refractivity contribution is -0.145. The summed E-state index contributed by atoms with van der Waals surface area (Å²) in [6.07, 6.45) is -1.53. The molecule has 0 aliphatic carbocycles. The van der Waals surface area contributed by atoms with Crippen LogP contribution in [0.3, 0.4) is 0 Å². The lowest BCUT2D eigenvalue weighted by Crippen LogP contribution is -2.58. The van der Waals surface area contributed by atoms with Crippen LogP contribution in [0, 0.1) is 5.92 Å². The van der Waals surface area contributed by atoms with Crippen LogP contribution in [-0.2, 0) is 35.2 Å². The summed E-state index contributed by atoms with van der Waals surface area (Å²) in [6, 6.07) is -0.563. The van der Waals surface area contributed by atoms with Crippen molar-refractivity contribution in [1.29, 1.82) is 0 Å². The van der Waals surface area contributed by atoms with Gasteiger partial charge in [-0.2, -0.15) is 0 Å². The highest BCUT2D eigenvalue weighted by Crippen LogP contribution is 2.12. The molecule has 37 heavy (non-hydrogen) atoms. The number of carbonyl (C=O) groups is 6. The number of benzene rings is 1. The van der Waals surface area contributed by atoms with Crippen molar-refractivity contribution in [3.8, 4) is 5.75 Å². The van der Waals surface area contributed by atoms with Crippen molar-refractivity contribution in [2.75, 3.05) is 0 Å². The quantitative estimate of drug-likeness (QED) is 0.135. The molecule has 9 N–H and O–H groups in total. The Hall–Kier alpha value is -4.20. The molecule has 0 aliphatic rings. The summed E-state index contributed by atoms with van der Waals surface area (Å²) in [5.41, 5.74) is 6.25. The summed E-state index contributed by atoms with van der Waals surface area (Å²) in [5, 5.41) is 43.6. The normalized spacial score (nSPS) is 14.8. The second kappa shape index (κ2) is 14.4. The van der Waals surface area contributed by atoms with Gasteiger partial charge in [0, 0.05) is 6.42 Å². The Morgan fingerprint density at radius 2 is 1.22 bits per heavy atom. The van der Waals surface area contributed by atoms with E-state index >= 15 is 0 Å². The Bertz CT molecular complexity index is 998. The molecule has 0 saturated heterocycles. The lowest BCUT2D eigenvalue weighted by Gasteiger charge is -2.25. The summed E-state index contributed by atoms with van der Waals surface area (Å²) >= 11 is 0. The van der Waals surface area contributed by atoms with E-state index in [1.165, 1.54) is 24.3 Å². The molecule has 0 aliphatic heterocycles. The molecular weight excluding hydrogens is 492 g/mol. The average Bonchev–Trinajstić information content (AvgIpc) is 2.82. The van der Waals surface area contributed by atoms with Crippen LogP contribution < -0.4 is 21.7 Å². The first-order chi connectivity index (χ1) is 17.2. The maximum atomic E-state index is 12.8. The molecule has 14 nitrogen and oxygen atoms in total. The topological polar surface area (TPSA) is 245 Å². The van der Waals surface area contributed by atoms with Crippen molar-refractivity contribution in [2.24, 2.45) is 11.7 Å². The zero-order chi connectivity index (χ0) is 28.3. The standard InChI is InChI=1S/C23H32N4O10/c1-3-11(2)19(24)22(35)26-15(10-18(31)32)20(33)25-14(9-17(29)30)21(34)27-16(23(36)37)8-12-4-6-13(28)7-5-12/h4-7,11,14-16,19,28H,3,8-10,24H2,1-2H3,(H,25,33)(H,26,35)(H,27,34)(H,29,30)(H,31,32)(H,36,37). The van der Waals surface area contributed by atoms with E-state index in [1.807, 2.05) is 0 Å². The van der Waals surface area contributed by atoms with Gasteiger partial charge in [-0.15, -0.1) is 0 Å². The Labute approximate surface area is 212 Å². The highest BCUT2D eigenvalue weighted by molar-refractivity contribution is 5.96. The van der Waals surface area contributed by atoms with Crippen LogP contribution in [-0.4, -0.2) is 80.2 Å². The molecule has 14 heteroatoms. The number of carbonyl (C=O) groups excluding carboxylic acids is 3. The van der Waals surface area contributed by atoms with Crippen LogP contribution >= 0.6 is 0 Å². The number of carboxylic acid groups (broad SMARTS) is 3. The number of amides is 3. The molecule has 204 valence electrons. The zero-order valence-corrected chi connectivity index (χ0v) is 20.3. The van der Waals surface area contributed by atoms with Gasteiger partial charge in [-0.1, -0.05) is 32.4 Å². The molecule has 0 aromatic heterocycles. The molecule has 5 atom stereocenters. The predicted molar refractivity (Wildman–Crippen MR) is 127 cm³/mol. The summed E-state index contributed by atoms with van der Waals surface area (Å²) in [6.45, 7) is 3.46. The van der Waals surface area contributed by atoms with Crippen LogP contribution in [0.15, 0.2) is 24.3 Å². The minimum Gasteiger partial charge on any atom is -0.508 e. The molecule has 0 saturated carbocycles. The fourth-order valence-corrected chi connectivity index (χ4v) is 3.16. The van der Waals surface area contributed by atoms with E-state index in [-0.39, 0.29) is 18.1 Å². The van der Waals surface area contributed by atoms with Gasteiger partial charge in [-0.3, -0.25) is 24.0 Å². The number of rotatable bonds is 15. The van der Waals surface area contributed by atoms with Gasteiger partial charge in [0.15, 0.2) is 0 Å². The van der Waals surface area contributed by atoms with Crippen molar-refractivity contribution in [1.82, 2.24) is 16.0 Å². The van der Waals surface area contributed by atoms with Crippen molar-refractivity contribution in [3.05, 3.63) is 29.8 Å². The van der Waals surface area contributed by atoms with Gasteiger partial charge in [0.25, 0.3) is 0 Å². The van der Waals surface area contributed by atoms with Gasteiger partial charge in [-0.05, 0) is 23.6 Å². The van der Waals surface area contributed by atoms with Crippen molar-refractivity contribution >= 4 is 35.6 Å². The maximum Gasteiger partial charge on any atom is 0.326 e. The number of phenolic OH excluding ortho intramolecular Hbond substituents is 1. The first-order valence-corrected chi connectivity index (χ1v) is 11.4. The number of nitrogens with one attached hydrogen (secondary N) is 3. The molecule has 1 rings (SSSR count). The third-order valence-corrected chi connectivity index (χ3v) is 5.57. The van der Waals surface area contributed by atoms with E-state index in [2.05, 4.69) is 16.0 Å². The van der Waals surface area contributed by atoms with Gasteiger partial charge >= 0.3 is 17.9 Å². The molecular formula is C23H32N4O10. The van der Waals surface area contributed by atoms with Crippen molar-refractivity contribution in [2.45, 2.75) is 63.7 Å². The lowest BCUT2D eigenvalue weighted by atomic mass is 9.99. The van der Waals surface area contributed by atoms with E-state index in [0.29, 0.717) is 12.0 Å². The van der Waals surface area contributed by atoms with E-state index in [4.69, 9.17) is 10.8 Å². The van der Waals surface area contributed by atoms with Crippen LogP contribution in [0.25, 0.3) is 0 Å². The van der Waals surface area contributed by atoms with Crippen LogP contribution in [0.1, 0.15) is 38.7 Å². The Balaban J connectivity index is 3.05. The summed E-state index contributed by atoms with van der Waals surface area (Å²) in [5.74, 6) is -7.90. The number of hydrogen-bond donors (Lipinski definition) is 8. The molecule has 0 bridgehead atoms.